The summed E-state index contributed by atoms with van der Waals surface area (Å²) >= 11 is 0. The van der Waals surface area contributed by atoms with Crippen LogP contribution in [0.1, 0.15) is 29.9 Å². The first kappa shape index (κ1) is 16.7. The molecular formula is C13H14F3N5O2. The third-order valence-corrected chi connectivity index (χ3v) is 2.83. The second kappa shape index (κ2) is 6.23. The zero-order valence-corrected chi connectivity index (χ0v) is 12.3. The van der Waals surface area contributed by atoms with Crippen molar-refractivity contribution in [2.45, 2.75) is 20.0 Å². The Morgan fingerprint density at radius 1 is 1.39 bits per heavy atom. The van der Waals surface area contributed by atoms with Crippen LogP contribution in [0.3, 0.4) is 0 Å². The number of rotatable bonds is 4. The van der Waals surface area contributed by atoms with Crippen LogP contribution in [0.15, 0.2) is 23.1 Å². The molecule has 10 heteroatoms. The molecule has 0 bridgehead atoms. The number of carbonyl (C=O) groups is 1. The van der Waals surface area contributed by atoms with Gasteiger partial charge in [0.15, 0.2) is 11.5 Å². The minimum atomic E-state index is -4.82. The summed E-state index contributed by atoms with van der Waals surface area (Å²) in [4.78, 5) is 22.9. The number of nitrogens with one attached hydrogen (secondary N) is 2. The molecule has 0 aromatic carbocycles. The first-order chi connectivity index (χ1) is 10.7. The number of H-pyrrole nitrogens is 1. The maximum atomic E-state index is 13.3. The highest BCUT2D eigenvalue weighted by atomic mass is 19.4. The van der Waals surface area contributed by atoms with Gasteiger partial charge in [0, 0.05) is 12.6 Å². The Balaban J connectivity index is 2.47. The summed E-state index contributed by atoms with van der Waals surface area (Å²) in [6, 6.07) is 2.10. The molecule has 0 saturated heterocycles. The van der Waals surface area contributed by atoms with E-state index in [0.29, 0.717) is 4.68 Å². The van der Waals surface area contributed by atoms with Crippen molar-refractivity contribution in [3.63, 3.8) is 0 Å². The molecule has 0 radical (unpaired) electrons. The molecule has 23 heavy (non-hydrogen) atoms. The molecular weight excluding hydrogens is 315 g/mol. The summed E-state index contributed by atoms with van der Waals surface area (Å²) in [5, 5.41) is 11.5. The van der Waals surface area contributed by atoms with Gasteiger partial charge in [-0.3, -0.25) is 9.59 Å². The molecule has 0 aliphatic rings. The average molecular weight is 329 g/mol. The van der Waals surface area contributed by atoms with E-state index in [1.54, 1.807) is 0 Å². The third kappa shape index (κ3) is 3.76. The minimum absolute atomic E-state index is 0.0872. The third-order valence-electron chi connectivity index (χ3n) is 2.83. The summed E-state index contributed by atoms with van der Waals surface area (Å²) in [6.45, 7) is 3.87. The fourth-order valence-electron chi connectivity index (χ4n) is 1.81. The standard InChI is InChI=1S/C13H14F3N5O2/c1-7(2)5-17-12(23)8-6-18-21(11(8)13(14,15)16)9-3-4-10(22)20-19-9/h3-4,6-7H,5H2,1-2H3,(H,17,23)(H,20,22). The summed E-state index contributed by atoms with van der Waals surface area (Å²) in [6.07, 6.45) is -4.00. The van der Waals surface area contributed by atoms with Crippen molar-refractivity contribution in [1.82, 2.24) is 25.3 Å². The highest BCUT2D eigenvalue weighted by Gasteiger charge is 2.40. The lowest BCUT2D eigenvalue weighted by atomic mass is 10.2. The average Bonchev–Trinajstić information content (AvgIpc) is 2.90. The van der Waals surface area contributed by atoms with Crippen molar-refractivity contribution in [2.24, 2.45) is 5.92 Å². The Hall–Kier alpha value is -2.65. The lowest BCUT2D eigenvalue weighted by Crippen LogP contribution is -2.29. The predicted octanol–water partition coefficient (Wildman–Crippen LogP) is 1.36. The molecule has 7 nitrogen and oxygen atoms in total. The van der Waals surface area contributed by atoms with Gasteiger partial charge < -0.3 is 5.32 Å². The van der Waals surface area contributed by atoms with Gasteiger partial charge in [-0.15, -0.1) is 0 Å². The highest BCUT2D eigenvalue weighted by Crippen LogP contribution is 2.33. The molecule has 1 amide bonds. The Bertz CT molecular complexity index is 743. The number of aromatic nitrogens is 4. The molecule has 0 aliphatic carbocycles. The largest absolute Gasteiger partial charge is 0.434 e. The van der Waals surface area contributed by atoms with Crippen LogP contribution in [-0.2, 0) is 6.18 Å². The Morgan fingerprint density at radius 3 is 2.61 bits per heavy atom. The molecule has 0 fully saturated rings. The topological polar surface area (TPSA) is 92.7 Å². The SMILES string of the molecule is CC(C)CNC(=O)c1cnn(-c2ccc(=O)[nH]n2)c1C(F)(F)F. The van der Waals surface area contributed by atoms with Gasteiger partial charge in [0.05, 0.1) is 11.8 Å². The fraction of sp³-hybridized carbons (Fsp3) is 0.385. The molecule has 0 saturated carbocycles. The maximum Gasteiger partial charge on any atom is 0.434 e. The Kier molecular flexibility index (Phi) is 4.52. The number of aromatic amines is 1. The van der Waals surface area contributed by atoms with E-state index in [1.807, 2.05) is 18.9 Å². The lowest BCUT2D eigenvalue weighted by Gasteiger charge is -2.12. The number of amides is 1. The number of hydrogen-bond acceptors (Lipinski definition) is 4. The van der Waals surface area contributed by atoms with Crippen LogP contribution >= 0.6 is 0 Å². The predicted molar refractivity (Wildman–Crippen MR) is 74.2 cm³/mol. The second-order valence-corrected chi connectivity index (χ2v) is 5.20. The molecule has 0 atom stereocenters. The van der Waals surface area contributed by atoms with Crippen molar-refractivity contribution in [3.05, 3.63) is 39.9 Å². The quantitative estimate of drug-likeness (QED) is 0.886. The monoisotopic (exact) mass is 329 g/mol. The maximum absolute atomic E-state index is 13.3. The molecule has 124 valence electrons. The number of alkyl halides is 3. The van der Waals surface area contributed by atoms with Crippen LogP contribution in [0.5, 0.6) is 0 Å². The lowest BCUT2D eigenvalue weighted by molar-refractivity contribution is -0.143. The summed E-state index contributed by atoms with van der Waals surface area (Å²) in [5.41, 5.74) is -2.42. The number of carbonyl (C=O) groups excluding carboxylic acids is 1. The molecule has 2 aromatic rings. The molecule has 2 N–H and O–H groups in total. The van der Waals surface area contributed by atoms with Crippen LogP contribution in [0.4, 0.5) is 13.2 Å². The zero-order valence-electron chi connectivity index (χ0n) is 12.3. The van der Waals surface area contributed by atoms with E-state index in [2.05, 4.69) is 15.5 Å². The molecule has 2 rings (SSSR count). The van der Waals surface area contributed by atoms with E-state index >= 15 is 0 Å². The van der Waals surface area contributed by atoms with Gasteiger partial charge in [-0.1, -0.05) is 13.8 Å². The second-order valence-electron chi connectivity index (χ2n) is 5.20. The van der Waals surface area contributed by atoms with Gasteiger partial charge in [-0.2, -0.15) is 23.4 Å². The summed E-state index contributed by atoms with van der Waals surface area (Å²) in [7, 11) is 0. The fourth-order valence-corrected chi connectivity index (χ4v) is 1.81. The molecule has 0 aliphatic heterocycles. The van der Waals surface area contributed by atoms with Crippen molar-refractivity contribution in [2.75, 3.05) is 6.54 Å². The van der Waals surface area contributed by atoms with E-state index in [1.165, 1.54) is 0 Å². The van der Waals surface area contributed by atoms with E-state index in [4.69, 9.17) is 0 Å². The molecule has 0 spiro atoms. The number of halogens is 3. The summed E-state index contributed by atoms with van der Waals surface area (Å²) < 4.78 is 40.4. The van der Waals surface area contributed by atoms with Crippen LogP contribution in [0.2, 0.25) is 0 Å². The van der Waals surface area contributed by atoms with E-state index in [0.717, 1.165) is 18.3 Å². The first-order valence-electron chi connectivity index (χ1n) is 6.69. The van der Waals surface area contributed by atoms with Gasteiger partial charge in [0.1, 0.15) is 0 Å². The number of hydrogen-bond donors (Lipinski definition) is 2. The van der Waals surface area contributed by atoms with Gasteiger partial charge in [0.25, 0.3) is 11.5 Å². The van der Waals surface area contributed by atoms with Gasteiger partial charge in [-0.25, -0.2) is 9.78 Å². The number of nitrogens with zero attached hydrogens (tertiary/aromatic N) is 3. The Labute approximate surface area is 128 Å². The Morgan fingerprint density at radius 2 is 2.09 bits per heavy atom. The molecule has 2 aromatic heterocycles. The van der Waals surface area contributed by atoms with Crippen molar-refractivity contribution in [1.29, 1.82) is 0 Å². The van der Waals surface area contributed by atoms with E-state index in [-0.39, 0.29) is 18.3 Å². The van der Waals surface area contributed by atoms with Crippen molar-refractivity contribution < 1.29 is 18.0 Å². The first-order valence-corrected chi connectivity index (χ1v) is 6.69. The molecule has 0 unspecified atom stereocenters. The smallest absolute Gasteiger partial charge is 0.352 e. The van der Waals surface area contributed by atoms with Crippen LogP contribution in [0.25, 0.3) is 5.82 Å². The van der Waals surface area contributed by atoms with Crippen molar-refractivity contribution in [3.8, 4) is 5.82 Å². The van der Waals surface area contributed by atoms with E-state index < -0.39 is 28.9 Å². The van der Waals surface area contributed by atoms with Crippen LogP contribution in [0, 0.1) is 5.92 Å². The zero-order chi connectivity index (χ0) is 17.2. The molecule has 2 heterocycles. The highest BCUT2D eigenvalue weighted by molar-refractivity contribution is 5.95. The van der Waals surface area contributed by atoms with Crippen LogP contribution < -0.4 is 10.9 Å². The van der Waals surface area contributed by atoms with Gasteiger partial charge >= 0.3 is 6.18 Å². The van der Waals surface area contributed by atoms with Gasteiger partial charge in [0.2, 0.25) is 0 Å². The van der Waals surface area contributed by atoms with Crippen LogP contribution in [-0.4, -0.2) is 32.4 Å². The van der Waals surface area contributed by atoms with Gasteiger partial charge in [-0.05, 0) is 12.0 Å². The minimum Gasteiger partial charge on any atom is -0.352 e. The summed E-state index contributed by atoms with van der Waals surface area (Å²) in [5.74, 6) is -1.04. The van der Waals surface area contributed by atoms with E-state index in [9.17, 15) is 22.8 Å². The normalized spacial score (nSPS) is 11.7. The van der Waals surface area contributed by atoms with Crippen molar-refractivity contribution >= 4 is 5.91 Å².